The fourth-order valence-electron chi connectivity index (χ4n) is 3.42. The lowest BCUT2D eigenvalue weighted by molar-refractivity contribution is 0.592. The van der Waals surface area contributed by atoms with Crippen LogP contribution in [0.3, 0.4) is 0 Å². The number of fused-ring (bicyclic) bond motifs is 1. The summed E-state index contributed by atoms with van der Waals surface area (Å²) in [6, 6.07) is 14.4. The lowest BCUT2D eigenvalue weighted by atomic mass is 10.1. The number of nitrogens with zero attached hydrogens (tertiary/aromatic N) is 3. The Kier molecular flexibility index (Phi) is 6.36. The van der Waals surface area contributed by atoms with Gasteiger partial charge >= 0.3 is 0 Å². The van der Waals surface area contributed by atoms with E-state index < -0.39 is 10.0 Å². The lowest BCUT2D eigenvalue weighted by Crippen LogP contribution is -2.36. The highest BCUT2D eigenvalue weighted by Crippen LogP contribution is 2.20. The molecule has 3 N–H and O–H groups in total. The number of aromatic nitrogens is 3. The third-order valence-corrected chi connectivity index (χ3v) is 6.23. The molecule has 0 bridgehead atoms. The monoisotopic (exact) mass is 466 g/mol. The minimum atomic E-state index is -3.88. The molecule has 0 fully saturated rings. The van der Waals surface area contributed by atoms with Gasteiger partial charge in [0.15, 0.2) is 0 Å². The molecule has 0 amide bonds. The SMILES string of the molecule is Cc1cc(C)nc(NC(=NCCc2c[nH]c3ccc(F)cc23)NS(=O)(=O)c2ccccc2)n1. The van der Waals surface area contributed by atoms with Crippen LogP contribution in [-0.4, -0.2) is 35.9 Å². The van der Waals surface area contributed by atoms with Crippen molar-refractivity contribution in [3.8, 4) is 0 Å². The number of aliphatic imine (C=N–C) groups is 1. The van der Waals surface area contributed by atoms with Crippen molar-refractivity contribution in [3.05, 3.63) is 83.6 Å². The number of aromatic amines is 1. The first-order valence-electron chi connectivity index (χ1n) is 10.3. The van der Waals surface area contributed by atoms with Crippen LogP contribution in [0.1, 0.15) is 17.0 Å². The minimum absolute atomic E-state index is 0.00475. The van der Waals surface area contributed by atoms with E-state index in [1.807, 2.05) is 19.9 Å². The summed E-state index contributed by atoms with van der Waals surface area (Å²) in [6.07, 6.45) is 2.27. The van der Waals surface area contributed by atoms with Crippen molar-refractivity contribution < 1.29 is 12.8 Å². The van der Waals surface area contributed by atoms with Crippen LogP contribution in [0.2, 0.25) is 0 Å². The summed E-state index contributed by atoms with van der Waals surface area (Å²) in [7, 11) is -3.88. The molecule has 0 saturated heterocycles. The molecule has 2 heterocycles. The van der Waals surface area contributed by atoms with Gasteiger partial charge in [-0.2, -0.15) is 0 Å². The number of hydrogen-bond acceptors (Lipinski definition) is 5. The Hall–Kier alpha value is -3.79. The summed E-state index contributed by atoms with van der Waals surface area (Å²) in [5.74, 6) is -0.0946. The molecule has 2 aromatic heterocycles. The Labute approximate surface area is 191 Å². The average molecular weight is 467 g/mol. The van der Waals surface area contributed by atoms with Crippen molar-refractivity contribution in [3.63, 3.8) is 0 Å². The molecule has 33 heavy (non-hydrogen) atoms. The minimum Gasteiger partial charge on any atom is -0.361 e. The van der Waals surface area contributed by atoms with Crippen LogP contribution >= 0.6 is 0 Å². The number of H-pyrrole nitrogens is 1. The van der Waals surface area contributed by atoms with Crippen molar-refractivity contribution in [2.45, 2.75) is 25.2 Å². The molecule has 10 heteroatoms. The molecule has 170 valence electrons. The Bertz CT molecular complexity index is 1400. The molecule has 4 rings (SSSR count). The summed E-state index contributed by atoms with van der Waals surface area (Å²) >= 11 is 0. The van der Waals surface area contributed by atoms with E-state index >= 15 is 0 Å². The fourth-order valence-corrected chi connectivity index (χ4v) is 4.42. The maximum absolute atomic E-state index is 13.7. The third kappa shape index (κ3) is 5.53. The van der Waals surface area contributed by atoms with Crippen molar-refractivity contribution in [2.24, 2.45) is 4.99 Å². The molecule has 0 spiro atoms. The van der Waals surface area contributed by atoms with Crippen LogP contribution < -0.4 is 10.0 Å². The predicted molar refractivity (Wildman–Crippen MR) is 126 cm³/mol. The van der Waals surface area contributed by atoms with Crippen LogP contribution in [-0.2, 0) is 16.4 Å². The summed E-state index contributed by atoms with van der Waals surface area (Å²) in [5.41, 5.74) is 3.16. The van der Waals surface area contributed by atoms with Crippen molar-refractivity contribution in [2.75, 3.05) is 11.9 Å². The topological polar surface area (TPSA) is 112 Å². The summed E-state index contributed by atoms with van der Waals surface area (Å²) < 4.78 is 41.8. The van der Waals surface area contributed by atoms with E-state index in [2.05, 4.69) is 30.0 Å². The summed E-state index contributed by atoms with van der Waals surface area (Å²) in [6.45, 7) is 3.88. The van der Waals surface area contributed by atoms with E-state index in [4.69, 9.17) is 0 Å². The Morgan fingerprint density at radius 2 is 1.79 bits per heavy atom. The largest absolute Gasteiger partial charge is 0.361 e. The van der Waals surface area contributed by atoms with Gasteiger partial charge in [0, 0.05) is 35.0 Å². The maximum Gasteiger partial charge on any atom is 0.264 e. The van der Waals surface area contributed by atoms with Gasteiger partial charge in [0.25, 0.3) is 10.0 Å². The molecule has 0 radical (unpaired) electrons. The fraction of sp³-hybridized carbons (Fsp3) is 0.174. The second kappa shape index (κ2) is 9.37. The van der Waals surface area contributed by atoms with Crippen LogP contribution in [0, 0.1) is 19.7 Å². The second-order valence-electron chi connectivity index (χ2n) is 7.50. The van der Waals surface area contributed by atoms with Gasteiger partial charge in [-0.3, -0.25) is 10.3 Å². The van der Waals surface area contributed by atoms with Gasteiger partial charge in [0.2, 0.25) is 11.9 Å². The normalized spacial score (nSPS) is 12.2. The molecule has 0 saturated carbocycles. The molecular formula is C23H23FN6O2S. The van der Waals surface area contributed by atoms with Crippen molar-refractivity contribution in [1.82, 2.24) is 19.7 Å². The zero-order valence-corrected chi connectivity index (χ0v) is 18.9. The van der Waals surface area contributed by atoms with E-state index in [0.717, 1.165) is 27.9 Å². The average Bonchev–Trinajstić information content (AvgIpc) is 3.15. The molecule has 0 aliphatic heterocycles. The maximum atomic E-state index is 13.7. The molecule has 0 unspecified atom stereocenters. The lowest BCUT2D eigenvalue weighted by Gasteiger charge is -2.13. The Morgan fingerprint density at radius 1 is 1.06 bits per heavy atom. The van der Waals surface area contributed by atoms with E-state index in [-0.39, 0.29) is 29.2 Å². The van der Waals surface area contributed by atoms with E-state index in [1.54, 1.807) is 30.5 Å². The number of aryl methyl sites for hydroxylation is 2. The number of rotatable bonds is 6. The van der Waals surface area contributed by atoms with Crippen LogP contribution in [0.15, 0.2) is 70.7 Å². The second-order valence-corrected chi connectivity index (χ2v) is 9.18. The first-order valence-corrected chi connectivity index (χ1v) is 11.8. The number of nitrogens with one attached hydrogen (secondary N) is 3. The number of hydrogen-bond donors (Lipinski definition) is 3. The first-order chi connectivity index (χ1) is 15.8. The summed E-state index contributed by atoms with van der Waals surface area (Å²) in [4.78, 5) is 16.2. The first kappa shape index (κ1) is 22.4. The van der Waals surface area contributed by atoms with Gasteiger partial charge in [-0.15, -0.1) is 0 Å². The molecule has 8 nitrogen and oxygen atoms in total. The highest BCUT2D eigenvalue weighted by Gasteiger charge is 2.17. The zero-order chi connectivity index (χ0) is 23.4. The standard InChI is InChI=1S/C23H23FN6O2S/c1-15-12-16(2)28-23(27-15)29-22(30-33(31,32)19-6-4-3-5-7-19)25-11-10-17-14-26-21-9-8-18(24)13-20(17)21/h3-9,12-14,26H,10-11H2,1-2H3,(H2,25,27,28,29,30). The molecule has 0 atom stereocenters. The van der Waals surface area contributed by atoms with Gasteiger partial charge in [-0.05, 0) is 62.2 Å². The number of guanidine groups is 1. The number of benzene rings is 2. The molecule has 2 aromatic carbocycles. The number of halogens is 1. The zero-order valence-electron chi connectivity index (χ0n) is 18.1. The highest BCUT2D eigenvalue weighted by molar-refractivity contribution is 7.90. The predicted octanol–water partition coefficient (Wildman–Crippen LogP) is 3.70. The third-order valence-electron chi connectivity index (χ3n) is 4.88. The van der Waals surface area contributed by atoms with Gasteiger partial charge in [0.05, 0.1) is 4.90 Å². The smallest absolute Gasteiger partial charge is 0.264 e. The van der Waals surface area contributed by atoms with E-state index in [0.29, 0.717) is 6.42 Å². The Balaban J connectivity index is 1.59. The van der Waals surface area contributed by atoms with Gasteiger partial charge in [-0.25, -0.2) is 27.5 Å². The number of sulfonamides is 1. The molecular weight excluding hydrogens is 443 g/mol. The van der Waals surface area contributed by atoms with Crippen LogP contribution in [0.5, 0.6) is 0 Å². The molecule has 0 aliphatic rings. The van der Waals surface area contributed by atoms with E-state index in [9.17, 15) is 12.8 Å². The highest BCUT2D eigenvalue weighted by atomic mass is 32.2. The van der Waals surface area contributed by atoms with Gasteiger partial charge in [0.1, 0.15) is 5.82 Å². The summed E-state index contributed by atoms with van der Waals surface area (Å²) in [5, 5.41) is 3.65. The Morgan fingerprint density at radius 3 is 2.52 bits per heavy atom. The van der Waals surface area contributed by atoms with Crippen molar-refractivity contribution in [1.29, 1.82) is 0 Å². The molecule has 4 aromatic rings. The van der Waals surface area contributed by atoms with Crippen molar-refractivity contribution >= 4 is 32.8 Å². The number of anilines is 1. The van der Waals surface area contributed by atoms with Crippen LogP contribution in [0.25, 0.3) is 10.9 Å². The van der Waals surface area contributed by atoms with Gasteiger partial charge in [-0.1, -0.05) is 18.2 Å². The quantitative estimate of drug-likeness (QED) is 0.296. The molecule has 0 aliphatic carbocycles. The van der Waals surface area contributed by atoms with E-state index in [1.165, 1.54) is 24.3 Å². The van der Waals surface area contributed by atoms with Crippen LogP contribution in [0.4, 0.5) is 10.3 Å². The van der Waals surface area contributed by atoms with Gasteiger partial charge < -0.3 is 4.98 Å².